The van der Waals surface area contributed by atoms with Crippen molar-refractivity contribution in [3.8, 4) is 0 Å². The molecule has 0 spiro atoms. The fourth-order valence-corrected chi connectivity index (χ4v) is 3.83. The lowest BCUT2D eigenvalue weighted by Crippen LogP contribution is -2.54. The van der Waals surface area contributed by atoms with Crippen LogP contribution in [0.2, 0.25) is 0 Å². The van der Waals surface area contributed by atoms with Crippen LogP contribution in [-0.2, 0) is 4.74 Å². The van der Waals surface area contributed by atoms with E-state index < -0.39 is 5.60 Å². The van der Waals surface area contributed by atoms with Gasteiger partial charge < -0.3 is 9.84 Å². The van der Waals surface area contributed by atoms with Crippen LogP contribution in [0.25, 0.3) is 0 Å². The molecule has 2 fully saturated rings. The molecule has 1 heterocycles. The zero-order valence-electron chi connectivity index (χ0n) is 10.6. The number of hydrogen-bond acceptors (Lipinski definition) is 2. The minimum atomic E-state index is -0.462. The van der Waals surface area contributed by atoms with E-state index >= 15 is 0 Å². The molecule has 0 aromatic heterocycles. The largest absolute Gasteiger partial charge is 0.389 e. The Kier molecular flexibility index (Phi) is 2.27. The fraction of sp³-hybridized carbons (Fsp3) is 1.00. The van der Waals surface area contributed by atoms with Crippen molar-refractivity contribution in [2.24, 2.45) is 11.8 Å². The van der Waals surface area contributed by atoms with Gasteiger partial charge in [-0.2, -0.15) is 0 Å². The van der Waals surface area contributed by atoms with Gasteiger partial charge in [0.15, 0.2) is 0 Å². The molecular weight excluding hydrogens is 188 g/mol. The van der Waals surface area contributed by atoms with Crippen molar-refractivity contribution in [1.29, 1.82) is 0 Å². The Balaban J connectivity index is 2.16. The number of hydrogen-bond donors (Lipinski definition) is 1. The average molecular weight is 212 g/mol. The highest BCUT2D eigenvalue weighted by Crippen LogP contribution is 2.54. The summed E-state index contributed by atoms with van der Waals surface area (Å²) in [7, 11) is 0. The lowest BCUT2D eigenvalue weighted by molar-refractivity contribution is -0.157. The monoisotopic (exact) mass is 212 g/mol. The second kappa shape index (κ2) is 2.98. The molecule has 1 N–H and O–H groups in total. The second-order valence-corrected chi connectivity index (χ2v) is 6.84. The molecule has 2 rings (SSSR count). The van der Waals surface area contributed by atoms with E-state index in [1.54, 1.807) is 0 Å². The summed E-state index contributed by atoms with van der Waals surface area (Å²) in [5.74, 6) is 0.964. The Morgan fingerprint density at radius 2 is 1.60 bits per heavy atom. The highest BCUT2D eigenvalue weighted by molar-refractivity contribution is 5.08. The first-order chi connectivity index (χ1) is 6.65. The third kappa shape index (κ3) is 1.83. The van der Waals surface area contributed by atoms with Gasteiger partial charge in [-0.1, -0.05) is 6.92 Å². The van der Waals surface area contributed by atoms with Crippen molar-refractivity contribution in [2.45, 2.75) is 70.7 Å². The summed E-state index contributed by atoms with van der Waals surface area (Å²) in [5, 5.41) is 10.6. The zero-order chi connectivity index (χ0) is 11.5. The van der Waals surface area contributed by atoms with Crippen LogP contribution >= 0.6 is 0 Å². The van der Waals surface area contributed by atoms with Gasteiger partial charge in [0.1, 0.15) is 0 Å². The minimum absolute atomic E-state index is 0.0806. The smallest absolute Gasteiger partial charge is 0.0709 e. The Morgan fingerprint density at radius 3 is 1.93 bits per heavy atom. The first kappa shape index (κ1) is 11.4. The molecule has 15 heavy (non-hydrogen) atoms. The predicted octanol–water partition coefficient (Wildman–Crippen LogP) is 2.74. The van der Waals surface area contributed by atoms with Gasteiger partial charge in [0.25, 0.3) is 0 Å². The van der Waals surface area contributed by atoms with Crippen molar-refractivity contribution in [1.82, 2.24) is 0 Å². The number of aliphatic hydroxyl groups is 1. The van der Waals surface area contributed by atoms with Crippen molar-refractivity contribution in [3.63, 3.8) is 0 Å². The fourth-order valence-electron chi connectivity index (χ4n) is 3.83. The quantitative estimate of drug-likeness (QED) is 0.724. The molecule has 0 amide bonds. The second-order valence-electron chi connectivity index (χ2n) is 6.84. The number of ether oxygens (including phenoxy) is 1. The summed E-state index contributed by atoms with van der Waals surface area (Å²) < 4.78 is 6.05. The molecule has 1 unspecified atom stereocenters. The summed E-state index contributed by atoms with van der Waals surface area (Å²) in [6.07, 6.45) is 2.87. The van der Waals surface area contributed by atoms with E-state index in [0.29, 0.717) is 5.92 Å². The van der Waals surface area contributed by atoms with Crippen LogP contribution in [0.4, 0.5) is 0 Å². The van der Waals surface area contributed by atoms with Gasteiger partial charge in [-0.15, -0.1) is 0 Å². The van der Waals surface area contributed by atoms with Gasteiger partial charge in [0.05, 0.1) is 16.8 Å². The summed E-state index contributed by atoms with van der Waals surface area (Å²) in [4.78, 5) is 0. The highest BCUT2D eigenvalue weighted by atomic mass is 16.5. The third-order valence-corrected chi connectivity index (χ3v) is 4.13. The van der Waals surface area contributed by atoms with Gasteiger partial charge in [-0.3, -0.25) is 0 Å². The van der Waals surface area contributed by atoms with Crippen molar-refractivity contribution >= 4 is 0 Å². The lowest BCUT2D eigenvalue weighted by Gasteiger charge is -2.49. The van der Waals surface area contributed by atoms with E-state index in [9.17, 15) is 5.11 Å². The standard InChI is InChI=1S/C13H24O2/c1-9-6-13(14,7-9)10-8-11(2,3)15-12(10,4)5/h9-10,14H,6-8H2,1-5H3. The summed E-state index contributed by atoms with van der Waals surface area (Å²) in [6.45, 7) is 10.7. The van der Waals surface area contributed by atoms with Gasteiger partial charge in [0.2, 0.25) is 0 Å². The van der Waals surface area contributed by atoms with Crippen LogP contribution in [0, 0.1) is 11.8 Å². The SMILES string of the molecule is CC1CC(O)(C2CC(C)(C)OC2(C)C)C1. The first-order valence-corrected chi connectivity index (χ1v) is 6.07. The van der Waals surface area contributed by atoms with E-state index in [1.165, 1.54) is 0 Å². The Hall–Kier alpha value is -0.0800. The van der Waals surface area contributed by atoms with Crippen LogP contribution in [0.5, 0.6) is 0 Å². The molecule has 0 aromatic rings. The van der Waals surface area contributed by atoms with Crippen LogP contribution in [0.15, 0.2) is 0 Å². The van der Waals surface area contributed by atoms with Crippen molar-refractivity contribution in [2.75, 3.05) is 0 Å². The van der Waals surface area contributed by atoms with Crippen molar-refractivity contribution < 1.29 is 9.84 Å². The maximum absolute atomic E-state index is 10.6. The summed E-state index contributed by atoms with van der Waals surface area (Å²) >= 11 is 0. The molecule has 0 radical (unpaired) electrons. The Labute approximate surface area is 93.0 Å². The average Bonchev–Trinajstić information content (AvgIpc) is 2.16. The van der Waals surface area contributed by atoms with E-state index in [-0.39, 0.29) is 17.1 Å². The van der Waals surface area contributed by atoms with Crippen LogP contribution in [0.1, 0.15) is 53.9 Å². The first-order valence-electron chi connectivity index (χ1n) is 6.07. The maximum Gasteiger partial charge on any atom is 0.0709 e. The van der Waals surface area contributed by atoms with Crippen LogP contribution in [-0.4, -0.2) is 21.9 Å². The molecular formula is C13H24O2. The van der Waals surface area contributed by atoms with Gasteiger partial charge in [0, 0.05) is 5.92 Å². The molecule has 2 nitrogen and oxygen atoms in total. The predicted molar refractivity (Wildman–Crippen MR) is 60.7 cm³/mol. The third-order valence-electron chi connectivity index (χ3n) is 4.13. The molecule has 1 aliphatic heterocycles. The van der Waals surface area contributed by atoms with E-state index in [1.807, 2.05) is 0 Å². The molecule has 0 bridgehead atoms. The molecule has 2 heteroatoms. The van der Waals surface area contributed by atoms with E-state index in [2.05, 4.69) is 34.6 Å². The Bertz CT molecular complexity index is 262. The molecule has 88 valence electrons. The summed E-state index contributed by atoms with van der Waals surface area (Å²) in [5.41, 5.74) is -0.724. The molecule has 1 saturated heterocycles. The van der Waals surface area contributed by atoms with Crippen LogP contribution < -0.4 is 0 Å². The van der Waals surface area contributed by atoms with Crippen molar-refractivity contribution in [3.05, 3.63) is 0 Å². The molecule has 1 aliphatic carbocycles. The van der Waals surface area contributed by atoms with Gasteiger partial charge >= 0.3 is 0 Å². The zero-order valence-corrected chi connectivity index (χ0v) is 10.6. The minimum Gasteiger partial charge on any atom is -0.389 e. The lowest BCUT2D eigenvalue weighted by atomic mass is 9.60. The maximum atomic E-state index is 10.6. The Morgan fingerprint density at radius 1 is 1.07 bits per heavy atom. The van der Waals surface area contributed by atoms with E-state index in [0.717, 1.165) is 19.3 Å². The molecule has 1 atom stereocenters. The normalized spacial score (nSPS) is 47.6. The topological polar surface area (TPSA) is 29.5 Å². The van der Waals surface area contributed by atoms with Crippen LogP contribution in [0.3, 0.4) is 0 Å². The number of rotatable bonds is 1. The van der Waals surface area contributed by atoms with Gasteiger partial charge in [-0.25, -0.2) is 0 Å². The molecule has 1 saturated carbocycles. The summed E-state index contributed by atoms with van der Waals surface area (Å²) in [6, 6.07) is 0. The molecule has 2 aliphatic rings. The van der Waals surface area contributed by atoms with E-state index in [4.69, 9.17) is 4.74 Å². The van der Waals surface area contributed by atoms with Gasteiger partial charge in [-0.05, 0) is 52.9 Å². The molecule has 0 aromatic carbocycles. The highest BCUT2D eigenvalue weighted by Gasteiger charge is 2.58.